The van der Waals surface area contributed by atoms with E-state index in [1.54, 1.807) is 0 Å². The molecule has 0 radical (unpaired) electrons. The third kappa shape index (κ3) is 3.28. The molecule has 1 aromatic heterocycles. The maximum atomic E-state index is 13.4. The first kappa shape index (κ1) is 14.1. The van der Waals surface area contributed by atoms with E-state index in [2.05, 4.69) is 14.5 Å². The SMILES string of the molecule is COC(=O)c1c(F)cc(CF)nc1OC(F)(F)F. The molecule has 0 saturated heterocycles. The van der Waals surface area contributed by atoms with Crippen molar-refractivity contribution in [3.8, 4) is 5.88 Å². The van der Waals surface area contributed by atoms with Crippen LogP contribution in [0.25, 0.3) is 0 Å². The lowest BCUT2D eigenvalue weighted by Crippen LogP contribution is -2.21. The van der Waals surface area contributed by atoms with Crippen molar-refractivity contribution < 1.29 is 36.2 Å². The number of carbonyl (C=O) groups is 1. The van der Waals surface area contributed by atoms with Crippen LogP contribution in [0.2, 0.25) is 0 Å². The molecule has 0 unspecified atom stereocenters. The second-order valence-electron chi connectivity index (χ2n) is 2.95. The summed E-state index contributed by atoms with van der Waals surface area (Å²) in [6.07, 6.45) is -5.20. The molecule has 0 aliphatic carbocycles. The maximum absolute atomic E-state index is 13.4. The number of hydrogen-bond acceptors (Lipinski definition) is 4. The predicted octanol–water partition coefficient (Wildman–Crippen LogP) is 2.38. The summed E-state index contributed by atoms with van der Waals surface area (Å²) in [4.78, 5) is 14.1. The van der Waals surface area contributed by atoms with Crippen LogP contribution in [0.5, 0.6) is 5.88 Å². The molecule has 9 heteroatoms. The highest BCUT2D eigenvalue weighted by Crippen LogP contribution is 2.27. The molecule has 1 heterocycles. The molecule has 0 N–H and O–H groups in total. The van der Waals surface area contributed by atoms with Crippen LogP contribution < -0.4 is 4.74 Å². The average molecular weight is 271 g/mol. The van der Waals surface area contributed by atoms with E-state index in [1.165, 1.54) is 0 Å². The first-order chi connectivity index (χ1) is 8.28. The maximum Gasteiger partial charge on any atom is 0.574 e. The summed E-state index contributed by atoms with van der Waals surface area (Å²) in [6.45, 7) is -1.31. The minimum Gasteiger partial charge on any atom is -0.465 e. The third-order valence-electron chi connectivity index (χ3n) is 1.73. The van der Waals surface area contributed by atoms with E-state index in [1.807, 2.05) is 0 Å². The van der Waals surface area contributed by atoms with Crippen LogP contribution in [0, 0.1) is 5.82 Å². The molecule has 0 amide bonds. The van der Waals surface area contributed by atoms with Gasteiger partial charge in [0.1, 0.15) is 12.5 Å². The number of halogens is 5. The first-order valence-corrected chi connectivity index (χ1v) is 4.38. The molecule has 0 bridgehead atoms. The molecule has 18 heavy (non-hydrogen) atoms. The number of aromatic nitrogens is 1. The van der Waals surface area contributed by atoms with Gasteiger partial charge in [0.25, 0.3) is 0 Å². The van der Waals surface area contributed by atoms with Crippen molar-refractivity contribution in [1.82, 2.24) is 4.98 Å². The predicted molar refractivity (Wildman–Crippen MR) is 47.0 cm³/mol. The summed E-state index contributed by atoms with van der Waals surface area (Å²) >= 11 is 0. The van der Waals surface area contributed by atoms with Gasteiger partial charge in [-0.1, -0.05) is 0 Å². The summed E-state index contributed by atoms with van der Waals surface area (Å²) < 4.78 is 69.1. The van der Waals surface area contributed by atoms with Crippen molar-refractivity contribution in [2.75, 3.05) is 7.11 Å². The van der Waals surface area contributed by atoms with E-state index in [0.717, 1.165) is 7.11 Å². The van der Waals surface area contributed by atoms with Crippen molar-refractivity contribution in [3.63, 3.8) is 0 Å². The molecule has 0 aromatic carbocycles. The molecule has 0 aliphatic heterocycles. The molecular weight excluding hydrogens is 265 g/mol. The van der Waals surface area contributed by atoms with Gasteiger partial charge in [0.05, 0.1) is 12.8 Å². The van der Waals surface area contributed by atoms with Gasteiger partial charge in [0.2, 0.25) is 5.88 Å². The summed E-state index contributed by atoms with van der Waals surface area (Å²) in [5.41, 5.74) is -1.79. The molecule has 0 aliphatic rings. The van der Waals surface area contributed by atoms with Gasteiger partial charge in [-0.3, -0.25) is 0 Å². The molecule has 100 valence electrons. The first-order valence-electron chi connectivity index (χ1n) is 4.38. The molecular formula is C9H6F5NO3. The number of ether oxygens (including phenoxy) is 2. The zero-order chi connectivity index (χ0) is 13.9. The number of pyridine rings is 1. The van der Waals surface area contributed by atoms with Crippen molar-refractivity contribution in [2.24, 2.45) is 0 Å². The van der Waals surface area contributed by atoms with E-state index < -0.39 is 42.0 Å². The standard InChI is InChI=1S/C9H6F5NO3/c1-17-8(16)6-5(11)2-4(3-10)15-7(6)18-9(12,13)14/h2H,3H2,1H3. The second-order valence-corrected chi connectivity index (χ2v) is 2.95. The normalized spacial score (nSPS) is 11.2. The minimum atomic E-state index is -5.20. The van der Waals surface area contributed by atoms with Crippen molar-refractivity contribution in [1.29, 1.82) is 0 Å². The lowest BCUT2D eigenvalue weighted by atomic mass is 10.2. The van der Waals surface area contributed by atoms with Crippen molar-refractivity contribution in [3.05, 3.63) is 23.1 Å². The number of carbonyl (C=O) groups excluding carboxylic acids is 1. The molecule has 0 atom stereocenters. The topological polar surface area (TPSA) is 48.4 Å². The van der Waals surface area contributed by atoms with Crippen LogP contribution >= 0.6 is 0 Å². The number of hydrogen-bond donors (Lipinski definition) is 0. The quantitative estimate of drug-likeness (QED) is 0.625. The number of nitrogens with zero attached hydrogens (tertiary/aromatic N) is 1. The Kier molecular flexibility index (Phi) is 4.04. The minimum absolute atomic E-state index is 0.482. The third-order valence-corrected chi connectivity index (χ3v) is 1.73. The van der Waals surface area contributed by atoms with Crippen LogP contribution in [0.4, 0.5) is 22.0 Å². The van der Waals surface area contributed by atoms with Gasteiger partial charge in [-0.25, -0.2) is 18.6 Å². The summed E-state index contributed by atoms with van der Waals surface area (Å²) in [7, 11) is 0.836. The lowest BCUT2D eigenvalue weighted by Gasteiger charge is -2.12. The number of methoxy groups -OCH3 is 1. The Hall–Kier alpha value is -1.93. The van der Waals surface area contributed by atoms with Crippen LogP contribution in [0.3, 0.4) is 0 Å². The Morgan fingerprint density at radius 2 is 2.06 bits per heavy atom. The van der Waals surface area contributed by atoms with Gasteiger partial charge in [-0.15, -0.1) is 13.2 Å². The van der Waals surface area contributed by atoms with E-state index in [0.29, 0.717) is 6.07 Å². The largest absolute Gasteiger partial charge is 0.574 e. The fourth-order valence-corrected chi connectivity index (χ4v) is 1.08. The highest BCUT2D eigenvalue weighted by molar-refractivity contribution is 5.92. The highest BCUT2D eigenvalue weighted by atomic mass is 19.4. The van der Waals surface area contributed by atoms with Gasteiger partial charge in [0.15, 0.2) is 5.56 Å². The fraction of sp³-hybridized carbons (Fsp3) is 0.333. The Morgan fingerprint density at radius 3 is 2.50 bits per heavy atom. The summed E-state index contributed by atoms with van der Waals surface area (Å²) in [5, 5.41) is 0. The molecule has 0 fully saturated rings. The van der Waals surface area contributed by atoms with Crippen molar-refractivity contribution in [2.45, 2.75) is 13.0 Å². The molecule has 4 nitrogen and oxygen atoms in total. The lowest BCUT2D eigenvalue weighted by molar-refractivity contribution is -0.276. The van der Waals surface area contributed by atoms with Gasteiger partial charge < -0.3 is 9.47 Å². The number of esters is 1. The summed E-state index contributed by atoms with van der Waals surface area (Å²) in [5.74, 6) is -4.21. The van der Waals surface area contributed by atoms with Crippen LogP contribution in [-0.4, -0.2) is 24.4 Å². The molecule has 0 spiro atoms. The van der Waals surface area contributed by atoms with Crippen LogP contribution in [0.1, 0.15) is 16.1 Å². The van der Waals surface area contributed by atoms with E-state index in [-0.39, 0.29) is 0 Å². The van der Waals surface area contributed by atoms with E-state index >= 15 is 0 Å². The zero-order valence-electron chi connectivity index (χ0n) is 8.85. The van der Waals surface area contributed by atoms with E-state index in [9.17, 15) is 26.7 Å². The Balaban J connectivity index is 3.34. The molecule has 1 rings (SSSR count). The molecule has 0 saturated carbocycles. The highest BCUT2D eigenvalue weighted by Gasteiger charge is 2.35. The Labute approximate surface area is 97.3 Å². The smallest absolute Gasteiger partial charge is 0.465 e. The Morgan fingerprint density at radius 1 is 1.44 bits per heavy atom. The van der Waals surface area contributed by atoms with Gasteiger partial charge in [-0.2, -0.15) is 0 Å². The van der Waals surface area contributed by atoms with Crippen LogP contribution in [0.15, 0.2) is 6.07 Å². The number of rotatable bonds is 3. The van der Waals surface area contributed by atoms with E-state index in [4.69, 9.17) is 0 Å². The fourth-order valence-electron chi connectivity index (χ4n) is 1.08. The zero-order valence-corrected chi connectivity index (χ0v) is 8.85. The average Bonchev–Trinajstić information content (AvgIpc) is 2.25. The van der Waals surface area contributed by atoms with Crippen molar-refractivity contribution >= 4 is 5.97 Å². The number of alkyl halides is 4. The molecule has 1 aromatic rings. The van der Waals surface area contributed by atoms with Gasteiger partial charge >= 0.3 is 12.3 Å². The second kappa shape index (κ2) is 5.15. The summed E-state index contributed by atoms with van der Waals surface area (Å²) in [6, 6.07) is 0.482. The Bertz CT molecular complexity index is 460. The monoisotopic (exact) mass is 271 g/mol. The van der Waals surface area contributed by atoms with Gasteiger partial charge in [-0.05, 0) is 6.07 Å². The van der Waals surface area contributed by atoms with Crippen LogP contribution in [-0.2, 0) is 11.4 Å². The van der Waals surface area contributed by atoms with Gasteiger partial charge in [0, 0.05) is 0 Å².